The summed E-state index contributed by atoms with van der Waals surface area (Å²) in [6, 6.07) is 0. The molecule has 1 atom stereocenters. The van der Waals surface area contributed by atoms with Crippen LogP contribution in [0.4, 0.5) is 0 Å². The van der Waals surface area contributed by atoms with Crippen molar-refractivity contribution in [1.82, 2.24) is 0 Å². The predicted octanol–water partition coefficient (Wildman–Crippen LogP) is 0.175. The molecule has 0 aliphatic carbocycles. The summed E-state index contributed by atoms with van der Waals surface area (Å²) < 4.78 is 26.6. The first-order valence-corrected chi connectivity index (χ1v) is 6.28. The normalized spacial score (nSPS) is 16.9. The van der Waals surface area contributed by atoms with E-state index in [-0.39, 0.29) is 5.75 Å². The largest absolute Gasteiger partial charge is 0.385 e. The van der Waals surface area contributed by atoms with E-state index >= 15 is 0 Å². The minimum absolute atomic E-state index is 0.143. The average Bonchev–Trinajstić information content (AvgIpc) is 1.97. The maximum Gasteiger partial charge on any atom is 0.147 e. The highest BCUT2D eigenvalue weighted by molar-refractivity contribution is 7.90. The van der Waals surface area contributed by atoms with E-state index in [0.717, 1.165) is 0 Å². The number of hydrogen-bond acceptors (Lipinski definition) is 4. The van der Waals surface area contributed by atoms with Crippen LogP contribution < -0.4 is 5.73 Å². The van der Waals surface area contributed by atoms with E-state index in [9.17, 15) is 8.42 Å². The predicted molar refractivity (Wildman–Crippen MR) is 53.4 cm³/mol. The molecule has 0 bridgehead atoms. The van der Waals surface area contributed by atoms with Crippen molar-refractivity contribution in [2.24, 2.45) is 5.73 Å². The second-order valence-electron chi connectivity index (χ2n) is 3.78. The zero-order valence-electron chi connectivity index (χ0n) is 8.54. The fraction of sp³-hybridized carbons (Fsp3) is 1.00. The summed E-state index contributed by atoms with van der Waals surface area (Å²) in [5.74, 6) is 0.143. The lowest BCUT2D eigenvalue weighted by atomic mass is 9.97. The van der Waals surface area contributed by atoms with Crippen LogP contribution >= 0.6 is 0 Å². The monoisotopic (exact) mass is 209 g/mol. The molecule has 80 valence electrons. The van der Waals surface area contributed by atoms with Gasteiger partial charge in [0.15, 0.2) is 0 Å². The van der Waals surface area contributed by atoms with Crippen molar-refractivity contribution >= 4 is 9.84 Å². The zero-order chi connectivity index (χ0) is 10.5. The van der Waals surface area contributed by atoms with Crippen LogP contribution in [0.2, 0.25) is 0 Å². The summed E-state index contributed by atoms with van der Waals surface area (Å²) in [6.45, 7) is 2.41. The second kappa shape index (κ2) is 4.93. The van der Waals surface area contributed by atoms with Gasteiger partial charge in [0.2, 0.25) is 0 Å². The van der Waals surface area contributed by atoms with Crippen LogP contribution in [0, 0.1) is 0 Å². The molecule has 0 rings (SSSR count). The van der Waals surface area contributed by atoms with Crippen LogP contribution in [0.25, 0.3) is 0 Å². The van der Waals surface area contributed by atoms with Gasteiger partial charge in [-0.05, 0) is 19.8 Å². The van der Waals surface area contributed by atoms with Gasteiger partial charge in [-0.1, -0.05) is 0 Å². The van der Waals surface area contributed by atoms with Crippen LogP contribution in [0.5, 0.6) is 0 Å². The molecule has 0 heterocycles. The molecule has 0 spiro atoms. The molecule has 2 N–H and O–H groups in total. The Kier molecular flexibility index (Phi) is 4.88. The number of hydrogen-bond donors (Lipinski definition) is 1. The SMILES string of the molecule is COCCC(C)(N)CCS(C)(=O)=O. The fourth-order valence-corrected chi connectivity index (χ4v) is 1.72. The molecule has 0 amide bonds. The van der Waals surface area contributed by atoms with Crippen LogP contribution in [-0.2, 0) is 14.6 Å². The molecule has 5 heteroatoms. The van der Waals surface area contributed by atoms with E-state index in [4.69, 9.17) is 10.5 Å². The highest BCUT2D eigenvalue weighted by Gasteiger charge is 2.19. The third-order valence-electron chi connectivity index (χ3n) is 1.92. The first kappa shape index (κ1) is 12.9. The van der Waals surface area contributed by atoms with Gasteiger partial charge < -0.3 is 10.5 Å². The van der Waals surface area contributed by atoms with Gasteiger partial charge in [0.1, 0.15) is 9.84 Å². The Bertz CT molecular complexity index is 234. The van der Waals surface area contributed by atoms with Crippen molar-refractivity contribution in [2.45, 2.75) is 25.3 Å². The molecule has 0 aromatic heterocycles. The van der Waals surface area contributed by atoms with E-state index in [0.29, 0.717) is 19.4 Å². The van der Waals surface area contributed by atoms with Crippen LogP contribution in [0.1, 0.15) is 19.8 Å². The lowest BCUT2D eigenvalue weighted by Crippen LogP contribution is -2.39. The summed E-state index contributed by atoms with van der Waals surface area (Å²) in [5.41, 5.74) is 5.42. The summed E-state index contributed by atoms with van der Waals surface area (Å²) in [4.78, 5) is 0. The van der Waals surface area contributed by atoms with E-state index in [1.165, 1.54) is 6.26 Å². The van der Waals surface area contributed by atoms with Crippen molar-refractivity contribution in [3.8, 4) is 0 Å². The highest BCUT2D eigenvalue weighted by Crippen LogP contribution is 2.11. The molecule has 0 aliphatic rings. The van der Waals surface area contributed by atoms with Crippen molar-refractivity contribution in [2.75, 3.05) is 25.7 Å². The van der Waals surface area contributed by atoms with Crippen molar-refractivity contribution < 1.29 is 13.2 Å². The van der Waals surface area contributed by atoms with Gasteiger partial charge in [0.05, 0.1) is 5.75 Å². The topological polar surface area (TPSA) is 69.4 Å². The number of ether oxygens (including phenoxy) is 1. The lowest BCUT2D eigenvalue weighted by molar-refractivity contribution is 0.171. The van der Waals surface area contributed by atoms with Gasteiger partial charge in [0, 0.05) is 25.5 Å². The van der Waals surface area contributed by atoms with E-state index in [2.05, 4.69) is 0 Å². The Balaban J connectivity index is 3.89. The molecule has 0 radical (unpaired) electrons. The fourth-order valence-electron chi connectivity index (χ4n) is 0.879. The Hall–Kier alpha value is -0.130. The van der Waals surface area contributed by atoms with Crippen molar-refractivity contribution in [3.63, 3.8) is 0 Å². The summed E-state index contributed by atoms with van der Waals surface area (Å²) in [5, 5.41) is 0. The van der Waals surface area contributed by atoms with Crippen molar-refractivity contribution in [3.05, 3.63) is 0 Å². The van der Waals surface area contributed by atoms with Gasteiger partial charge >= 0.3 is 0 Å². The van der Waals surface area contributed by atoms with Crippen molar-refractivity contribution in [1.29, 1.82) is 0 Å². The van der Waals surface area contributed by atoms with Gasteiger partial charge in [-0.2, -0.15) is 0 Å². The number of methoxy groups -OCH3 is 1. The Morgan fingerprint density at radius 1 is 1.38 bits per heavy atom. The molecule has 0 aromatic carbocycles. The highest BCUT2D eigenvalue weighted by atomic mass is 32.2. The quantitative estimate of drug-likeness (QED) is 0.677. The number of rotatable bonds is 6. The maximum absolute atomic E-state index is 10.9. The minimum atomic E-state index is -2.90. The Morgan fingerprint density at radius 2 is 1.92 bits per heavy atom. The second-order valence-corrected chi connectivity index (χ2v) is 6.04. The molecule has 4 nitrogen and oxygen atoms in total. The summed E-state index contributed by atoms with van der Waals surface area (Å²) >= 11 is 0. The zero-order valence-corrected chi connectivity index (χ0v) is 9.36. The molecular weight excluding hydrogens is 190 g/mol. The van der Waals surface area contributed by atoms with E-state index < -0.39 is 15.4 Å². The first-order valence-electron chi connectivity index (χ1n) is 4.22. The molecule has 13 heavy (non-hydrogen) atoms. The number of nitrogens with two attached hydrogens (primary N) is 1. The minimum Gasteiger partial charge on any atom is -0.385 e. The molecule has 0 saturated heterocycles. The summed E-state index contributed by atoms with van der Waals surface area (Å²) in [7, 11) is -1.30. The Morgan fingerprint density at radius 3 is 2.31 bits per heavy atom. The first-order chi connectivity index (χ1) is 5.77. The Labute approximate surface area is 80.4 Å². The molecule has 0 aromatic rings. The van der Waals surface area contributed by atoms with Gasteiger partial charge in [-0.3, -0.25) is 0 Å². The van der Waals surface area contributed by atoms with E-state index in [1.54, 1.807) is 7.11 Å². The molecule has 0 aliphatic heterocycles. The van der Waals surface area contributed by atoms with Gasteiger partial charge in [0.25, 0.3) is 0 Å². The average molecular weight is 209 g/mol. The van der Waals surface area contributed by atoms with Crippen LogP contribution in [0.3, 0.4) is 0 Å². The van der Waals surface area contributed by atoms with E-state index in [1.807, 2.05) is 6.92 Å². The van der Waals surface area contributed by atoms with Crippen LogP contribution in [0.15, 0.2) is 0 Å². The molecule has 0 saturated carbocycles. The van der Waals surface area contributed by atoms with Gasteiger partial charge in [-0.15, -0.1) is 0 Å². The molecule has 0 fully saturated rings. The molecule has 1 unspecified atom stereocenters. The third-order valence-corrected chi connectivity index (χ3v) is 2.87. The third kappa shape index (κ3) is 8.21. The smallest absolute Gasteiger partial charge is 0.147 e. The summed E-state index contributed by atoms with van der Waals surface area (Å²) in [6.07, 6.45) is 2.38. The van der Waals surface area contributed by atoms with Gasteiger partial charge in [-0.25, -0.2) is 8.42 Å². The maximum atomic E-state index is 10.9. The van der Waals surface area contributed by atoms with Crippen LogP contribution in [-0.4, -0.2) is 39.7 Å². The lowest BCUT2D eigenvalue weighted by Gasteiger charge is -2.23. The molecular formula is C8H19NO3S. The standard InChI is InChI=1S/C8H19NO3S/c1-8(9,4-6-12-2)5-7-13(3,10)11/h4-7,9H2,1-3H3. The number of sulfone groups is 1.